The minimum Gasteiger partial charge on any atom is -0.444 e. The van der Waals surface area contributed by atoms with Crippen LogP contribution in [0.3, 0.4) is 0 Å². The zero-order chi connectivity index (χ0) is 38.1. The van der Waals surface area contributed by atoms with Gasteiger partial charge in [0.2, 0.25) is 11.8 Å². The average molecular weight is 738 g/mol. The maximum absolute atomic E-state index is 13.0. The van der Waals surface area contributed by atoms with Crippen molar-refractivity contribution in [2.45, 2.75) is 172 Å². The van der Waals surface area contributed by atoms with Crippen molar-refractivity contribution < 1.29 is 68.7 Å². The number of unbranched alkanes of at least 4 members (excludes halogenated alkanes) is 6. The molecule has 2 saturated heterocycles. The number of rotatable bonds is 21. The second-order valence-electron chi connectivity index (χ2n) is 14.3. The lowest BCUT2D eigenvalue weighted by Gasteiger charge is -2.38. The average Bonchev–Trinajstić information content (AvgIpc) is 3.06. The van der Waals surface area contributed by atoms with Crippen molar-refractivity contribution in [2.24, 2.45) is 0 Å². The monoisotopic (exact) mass is 737 g/mol. The van der Waals surface area contributed by atoms with E-state index in [1.165, 1.54) is 0 Å². The fourth-order valence-corrected chi connectivity index (χ4v) is 5.51. The van der Waals surface area contributed by atoms with E-state index < -0.39 is 85.1 Å². The molecule has 2 aliphatic rings. The number of nitrogens with one attached hydrogen (secondary N) is 3. The van der Waals surface area contributed by atoms with Gasteiger partial charge in [-0.2, -0.15) is 0 Å². The van der Waals surface area contributed by atoms with Crippen LogP contribution in [0.15, 0.2) is 0 Å². The number of alkyl carbamates (subject to hydrolysis) is 1. The summed E-state index contributed by atoms with van der Waals surface area (Å²) >= 11 is 0. The Kier molecular flexibility index (Phi) is 20.1. The van der Waals surface area contributed by atoms with Gasteiger partial charge in [-0.1, -0.05) is 25.7 Å². The van der Waals surface area contributed by atoms with E-state index in [9.17, 15) is 45.0 Å². The molecule has 17 heteroatoms. The van der Waals surface area contributed by atoms with Gasteiger partial charge in [-0.3, -0.25) is 9.59 Å². The fourth-order valence-electron chi connectivity index (χ4n) is 5.51. The summed E-state index contributed by atoms with van der Waals surface area (Å²) in [5, 5.41) is 67.5. The lowest BCUT2D eigenvalue weighted by Crippen LogP contribution is -2.57. The molecule has 298 valence electrons. The Morgan fingerprint density at radius 2 is 1.10 bits per heavy atom. The third kappa shape index (κ3) is 16.6. The van der Waals surface area contributed by atoms with Crippen molar-refractivity contribution in [3.8, 4) is 0 Å². The molecule has 11 atom stereocenters. The normalized spacial score (nSPS) is 30.3. The number of hydrogen-bond acceptors (Lipinski definition) is 14. The number of carbonyl (C=O) groups is 3. The van der Waals surface area contributed by atoms with Crippen LogP contribution >= 0.6 is 0 Å². The van der Waals surface area contributed by atoms with E-state index in [0.717, 1.165) is 25.7 Å². The summed E-state index contributed by atoms with van der Waals surface area (Å²) in [5.41, 5.74) is -0.769. The van der Waals surface area contributed by atoms with Gasteiger partial charge in [-0.05, 0) is 66.7 Å². The van der Waals surface area contributed by atoms with E-state index in [2.05, 4.69) is 16.0 Å². The first kappa shape index (κ1) is 45.0. The van der Waals surface area contributed by atoms with Crippen molar-refractivity contribution in [2.75, 3.05) is 26.3 Å². The summed E-state index contributed by atoms with van der Waals surface area (Å²) < 4.78 is 27.2. The minimum absolute atomic E-state index is 0.0125. The highest BCUT2D eigenvalue weighted by Crippen LogP contribution is 2.23. The van der Waals surface area contributed by atoms with Crippen LogP contribution < -0.4 is 16.0 Å². The van der Waals surface area contributed by atoms with Gasteiger partial charge in [-0.25, -0.2) is 4.79 Å². The Balaban J connectivity index is 1.62. The second-order valence-corrected chi connectivity index (χ2v) is 14.3. The molecule has 2 aliphatic heterocycles. The molecule has 0 bridgehead atoms. The van der Waals surface area contributed by atoms with Gasteiger partial charge in [0.1, 0.15) is 48.3 Å². The maximum atomic E-state index is 13.0. The number of amides is 3. The summed E-state index contributed by atoms with van der Waals surface area (Å²) in [6.45, 7) is 9.67. The maximum Gasteiger partial charge on any atom is 0.408 e. The molecule has 2 heterocycles. The van der Waals surface area contributed by atoms with Gasteiger partial charge in [-0.15, -0.1) is 0 Å². The van der Waals surface area contributed by atoms with Crippen LogP contribution in [0, 0.1) is 0 Å². The molecule has 0 aliphatic carbocycles. The first-order chi connectivity index (χ1) is 24.0. The molecule has 0 aromatic heterocycles. The molecule has 2 rings (SSSR count). The van der Waals surface area contributed by atoms with Gasteiger partial charge >= 0.3 is 6.09 Å². The quantitative estimate of drug-likeness (QED) is 0.0686. The molecule has 0 unspecified atom stereocenters. The number of hydrogen-bond donors (Lipinski definition) is 9. The molecule has 2 fully saturated rings. The first-order valence-corrected chi connectivity index (χ1v) is 18.2. The van der Waals surface area contributed by atoms with Crippen molar-refractivity contribution >= 4 is 17.9 Å². The molecule has 0 spiro atoms. The summed E-state index contributed by atoms with van der Waals surface area (Å²) in [4.78, 5) is 37.9. The third-order valence-electron chi connectivity index (χ3n) is 8.61. The summed E-state index contributed by atoms with van der Waals surface area (Å²) in [6.07, 6.45) is -5.95. The highest BCUT2D eigenvalue weighted by atomic mass is 16.7. The number of ether oxygens (including phenoxy) is 5. The lowest BCUT2D eigenvalue weighted by molar-refractivity contribution is -0.293. The van der Waals surface area contributed by atoms with E-state index in [0.29, 0.717) is 45.4 Å². The van der Waals surface area contributed by atoms with E-state index in [1.54, 1.807) is 34.6 Å². The molecule has 0 aromatic carbocycles. The van der Waals surface area contributed by atoms with Gasteiger partial charge in [0.05, 0.1) is 12.2 Å². The Labute approximate surface area is 300 Å². The Morgan fingerprint density at radius 3 is 1.57 bits per heavy atom. The number of aliphatic hydroxyl groups excluding tert-OH is 6. The molecule has 51 heavy (non-hydrogen) atoms. The predicted molar refractivity (Wildman–Crippen MR) is 182 cm³/mol. The van der Waals surface area contributed by atoms with Crippen LogP contribution in [0.2, 0.25) is 0 Å². The van der Waals surface area contributed by atoms with Crippen molar-refractivity contribution in [3.63, 3.8) is 0 Å². The molecule has 0 aromatic rings. The molecule has 9 N–H and O–H groups in total. The van der Waals surface area contributed by atoms with E-state index in [4.69, 9.17) is 23.7 Å². The fraction of sp³-hybridized carbons (Fsp3) is 0.912. The largest absolute Gasteiger partial charge is 0.444 e. The SMILES string of the molecule is C[C@@H]1O[C@@H](OCCCCCCNC(=O)CC[C@H](NC(=O)OC(C)(C)C)C(=O)NCCCCCCO[C@@H]2O[C@@H](C)[C@@H](O)[C@@H](O)[C@@H]2O)[C@@H](O)[C@H](O)[C@@H]1O. The molecule has 3 amide bonds. The number of aliphatic hydroxyl groups is 6. The molecular weight excluding hydrogens is 674 g/mol. The highest BCUT2D eigenvalue weighted by molar-refractivity contribution is 5.86. The van der Waals surface area contributed by atoms with Gasteiger partial charge in [0, 0.05) is 32.7 Å². The first-order valence-electron chi connectivity index (χ1n) is 18.2. The summed E-state index contributed by atoms with van der Waals surface area (Å²) in [7, 11) is 0. The van der Waals surface area contributed by atoms with Crippen molar-refractivity contribution in [1.29, 1.82) is 0 Å². The standard InChI is InChI=1S/C34H63N3O14/c1-20-24(39)26(41)28(43)31(49-20)47-18-12-8-6-10-16-35-23(38)15-14-22(37-33(46)51-34(3,4)5)30(45)36-17-11-7-9-13-19-48-32-29(44)27(42)25(40)21(2)50-32/h20-22,24-29,31-32,39-44H,6-19H2,1-5H3,(H,35,38)(H,36,45)(H,37,46)/t20-,21-,22-,24+,25+,26+,27+,28-,29-,31+,32+/m0/s1. The van der Waals surface area contributed by atoms with Gasteiger partial charge in [0.25, 0.3) is 0 Å². The highest BCUT2D eigenvalue weighted by Gasteiger charge is 2.43. The Hall–Kier alpha value is -2.19. The Morgan fingerprint density at radius 1 is 0.647 bits per heavy atom. The van der Waals surface area contributed by atoms with E-state index >= 15 is 0 Å². The van der Waals surface area contributed by atoms with Gasteiger partial charge in [0.15, 0.2) is 12.6 Å². The van der Waals surface area contributed by atoms with Crippen LogP contribution in [0.5, 0.6) is 0 Å². The van der Waals surface area contributed by atoms with Crippen LogP contribution in [0.1, 0.15) is 98.8 Å². The summed E-state index contributed by atoms with van der Waals surface area (Å²) in [5.74, 6) is -0.683. The second kappa shape index (κ2) is 22.8. The Bertz CT molecular complexity index is 1030. The number of carbonyl (C=O) groups excluding carboxylic acids is 3. The zero-order valence-electron chi connectivity index (χ0n) is 30.7. The van der Waals surface area contributed by atoms with Crippen molar-refractivity contribution in [1.82, 2.24) is 16.0 Å². The van der Waals surface area contributed by atoms with Crippen LogP contribution in [0.25, 0.3) is 0 Å². The van der Waals surface area contributed by atoms with E-state index in [-0.39, 0.29) is 25.4 Å². The minimum atomic E-state index is -1.35. The topological polar surface area (TPSA) is 255 Å². The van der Waals surface area contributed by atoms with Gasteiger partial charge < -0.3 is 70.3 Å². The van der Waals surface area contributed by atoms with Crippen molar-refractivity contribution in [3.05, 3.63) is 0 Å². The predicted octanol–water partition coefficient (Wildman–Crippen LogP) is -0.299. The van der Waals surface area contributed by atoms with Crippen LogP contribution in [0.4, 0.5) is 4.79 Å². The molecule has 17 nitrogen and oxygen atoms in total. The molecule has 0 saturated carbocycles. The van der Waals surface area contributed by atoms with Crippen LogP contribution in [-0.4, -0.2) is 148 Å². The lowest BCUT2D eigenvalue weighted by atomic mass is 10.0. The smallest absolute Gasteiger partial charge is 0.408 e. The molecular formula is C34H63N3O14. The van der Waals surface area contributed by atoms with E-state index in [1.807, 2.05) is 0 Å². The summed E-state index contributed by atoms with van der Waals surface area (Å²) in [6, 6.07) is -0.976. The molecule has 0 radical (unpaired) electrons. The van der Waals surface area contributed by atoms with Crippen LogP contribution in [-0.2, 0) is 33.3 Å². The zero-order valence-corrected chi connectivity index (χ0v) is 30.7. The third-order valence-corrected chi connectivity index (χ3v) is 8.61.